The topological polar surface area (TPSA) is 123 Å². The minimum absolute atomic E-state index is 0.0684. The molecule has 2 aliphatic rings. The number of nitrogens with zero attached hydrogens (tertiary/aromatic N) is 3. The van der Waals surface area contributed by atoms with Crippen LogP contribution in [0, 0.1) is 5.92 Å². The first kappa shape index (κ1) is 29.8. The van der Waals surface area contributed by atoms with E-state index in [-0.39, 0.29) is 48.6 Å². The standard InChI is InChI=1S/C32H40N4O5/c1-21-32(41)31(27(37)5-4-6-30(39)40)34-28(33-21)19-23-15-17-36(18-16-23)26-13-11-25(12-14-26)24-9-7-22(8-10-24)20-29(38)35(2)3/h7-14,23,28,34,41H,4-6,15-20H2,1-3H3,(H,39,40). The average molecular weight is 561 g/mol. The zero-order chi connectivity index (χ0) is 29.5. The number of carboxylic acid groups (broad SMARTS) is 1. The number of aliphatic hydroxyl groups is 1. The summed E-state index contributed by atoms with van der Waals surface area (Å²) in [4.78, 5) is 43.9. The number of rotatable bonds is 11. The van der Waals surface area contributed by atoms with Crippen molar-refractivity contribution in [3.8, 4) is 11.1 Å². The molecule has 0 aromatic heterocycles. The number of carbonyl (C=O) groups excluding carboxylic acids is 2. The zero-order valence-electron chi connectivity index (χ0n) is 24.1. The van der Waals surface area contributed by atoms with Crippen LogP contribution in [0.2, 0.25) is 0 Å². The molecule has 9 nitrogen and oxygen atoms in total. The van der Waals surface area contributed by atoms with Crippen molar-refractivity contribution in [3.05, 3.63) is 65.6 Å². The lowest BCUT2D eigenvalue weighted by molar-refractivity contribution is -0.137. The third-order valence-electron chi connectivity index (χ3n) is 7.86. The second kappa shape index (κ2) is 13.5. The highest BCUT2D eigenvalue weighted by Crippen LogP contribution is 2.30. The fourth-order valence-electron chi connectivity index (χ4n) is 5.35. The Morgan fingerprint density at radius 2 is 1.59 bits per heavy atom. The normalized spacial score (nSPS) is 17.6. The van der Waals surface area contributed by atoms with Crippen molar-refractivity contribution >= 4 is 29.1 Å². The van der Waals surface area contributed by atoms with Gasteiger partial charge in [-0.25, -0.2) is 0 Å². The van der Waals surface area contributed by atoms with Crippen LogP contribution in [0.5, 0.6) is 0 Å². The molecule has 1 unspecified atom stereocenters. The number of aliphatic hydroxyl groups excluding tert-OH is 1. The van der Waals surface area contributed by atoms with E-state index >= 15 is 0 Å². The first-order chi connectivity index (χ1) is 19.6. The van der Waals surface area contributed by atoms with Gasteiger partial charge < -0.3 is 25.3 Å². The zero-order valence-corrected chi connectivity index (χ0v) is 24.1. The number of amides is 1. The van der Waals surface area contributed by atoms with E-state index in [4.69, 9.17) is 5.11 Å². The molecule has 1 amide bonds. The summed E-state index contributed by atoms with van der Waals surface area (Å²) in [5, 5.41) is 22.3. The van der Waals surface area contributed by atoms with Gasteiger partial charge in [-0.3, -0.25) is 19.4 Å². The summed E-state index contributed by atoms with van der Waals surface area (Å²) in [6.45, 7) is 3.55. The third kappa shape index (κ3) is 7.96. The predicted octanol–water partition coefficient (Wildman–Crippen LogP) is 4.57. The first-order valence-corrected chi connectivity index (χ1v) is 14.2. The molecule has 2 heterocycles. The van der Waals surface area contributed by atoms with E-state index in [2.05, 4.69) is 51.6 Å². The number of carboxylic acids is 1. The molecule has 218 valence electrons. The van der Waals surface area contributed by atoms with Crippen molar-refractivity contribution in [2.24, 2.45) is 10.9 Å². The number of aliphatic imine (C=N–C) groups is 1. The summed E-state index contributed by atoms with van der Waals surface area (Å²) < 4.78 is 0. The summed E-state index contributed by atoms with van der Waals surface area (Å²) in [7, 11) is 3.53. The van der Waals surface area contributed by atoms with Gasteiger partial charge in [-0.05, 0) is 67.3 Å². The molecular formula is C32H40N4O5. The highest BCUT2D eigenvalue weighted by molar-refractivity contribution is 6.06. The highest BCUT2D eigenvalue weighted by atomic mass is 16.4. The molecule has 0 bridgehead atoms. The van der Waals surface area contributed by atoms with Gasteiger partial charge in [0.2, 0.25) is 5.91 Å². The van der Waals surface area contributed by atoms with Gasteiger partial charge in [-0.2, -0.15) is 0 Å². The van der Waals surface area contributed by atoms with E-state index in [0.717, 1.165) is 49.0 Å². The lowest BCUT2D eigenvalue weighted by Gasteiger charge is -2.35. The fraction of sp³-hybridized carbons (Fsp3) is 0.438. The SMILES string of the molecule is CC1=NC(CC2CCN(c3ccc(-c4ccc(CC(=O)N(C)C)cc4)cc3)CC2)NC(C(=O)CCCC(=O)O)=C1O. The largest absolute Gasteiger partial charge is 0.504 e. The Morgan fingerprint density at radius 1 is 0.976 bits per heavy atom. The molecule has 41 heavy (non-hydrogen) atoms. The molecule has 4 rings (SSSR count). The number of benzene rings is 2. The summed E-state index contributed by atoms with van der Waals surface area (Å²) in [6, 6.07) is 16.7. The number of piperidine rings is 1. The second-order valence-corrected chi connectivity index (χ2v) is 11.1. The van der Waals surface area contributed by atoms with Gasteiger partial charge in [0.25, 0.3) is 0 Å². The van der Waals surface area contributed by atoms with Crippen LogP contribution in [0.3, 0.4) is 0 Å². The number of nitrogens with one attached hydrogen (secondary N) is 1. The Hall–Kier alpha value is -4.14. The van der Waals surface area contributed by atoms with Crippen LogP contribution in [0.25, 0.3) is 11.1 Å². The molecule has 0 aliphatic carbocycles. The maximum Gasteiger partial charge on any atom is 0.303 e. The van der Waals surface area contributed by atoms with Crippen LogP contribution in [0.4, 0.5) is 5.69 Å². The molecule has 2 aromatic rings. The summed E-state index contributed by atoms with van der Waals surface area (Å²) in [5.74, 6) is -0.844. The molecule has 1 saturated heterocycles. The van der Waals surface area contributed by atoms with Crippen molar-refractivity contribution < 1.29 is 24.6 Å². The number of carbonyl (C=O) groups is 3. The Kier molecular flexibility index (Phi) is 9.81. The highest BCUT2D eigenvalue weighted by Gasteiger charge is 2.28. The number of ketones is 1. The van der Waals surface area contributed by atoms with Gasteiger partial charge in [0, 0.05) is 45.7 Å². The number of Topliss-reactive ketones (excluding diaryl/α,β-unsaturated/α-hetero) is 1. The lowest BCUT2D eigenvalue weighted by atomic mass is 9.91. The van der Waals surface area contributed by atoms with Crippen molar-refractivity contribution in [2.75, 3.05) is 32.1 Å². The van der Waals surface area contributed by atoms with Gasteiger partial charge in [0.15, 0.2) is 11.5 Å². The van der Waals surface area contributed by atoms with Gasteiger partial charge in [-0.15, -0.1) is 0 Å². The number of allylic oxidation sites excluding steroid dienone is 2. The van der Waals surface area contributed by atoms with Crippen molar-refractivity contribution in [1.82, 2.24) is 10.2 Å². The van der Waals surface area contributed by atoms with Crippen LogP contribution in [0.1, 0.15) is 51.0 Å². The number of anilines is 1. The Balaban J connectivity index is 1.28. The Morgan fingerprint density at radius 3 is 2.17 bits per heavy atom. The Bertz CT molecular complexity index is 1310. The maximum atomic E-state index is 12.6. The number of hydrogen-bond acceptors (Lipinski definition) is 7. The van der Waals surface area contributed by atoms with Crippen molar-refractivity contribution in [3.63, 3.8) is 0 Å². The third-order valence-corrected chi connectivity index (χ3v) is 7.86. The van der Waals surface area contributed by atoms with Gasteiger partial charge in [0.05, 0.1) is 12.1 Å². The maximum absolute atomic E-state index is 12.6. The summed E-state index contributed by atoms with van der Waals surface area (Å²) in [6.07, 6.45) is 3.10. The molecule has 9 heteroatoms. The predicted molar refractivity (Wildman–Crippen MR) is 160 cm³/mol. The number of likely N-dealkylation sites (N-methyl/N-ethyl adjacent to an activating group) is 1. The van der Waals surface area contributed by atoms with E-state index in [1.807, 2.05) is 12.1 Å². The fourth-order valence-corrected chi connectivity index (χ4v) is 5.35. The average Bonchev–Trinajstić information content (AvgIpc) is 2.95. The Labute approximate surface area is 241 Å². The van der Waals surface area contributed by atoms with Gasteiger partial charge in [-0.1, -0.05) is 36.4 Å². The van der Waals surface area contributed by atoms with Crippen molar-refractivity contribution in [2.45, 2.75) is 58.0 Å². The summed E-state index contributed by atoms with van der Waals surface area (Å²) >= 11 is 0. The molecule has 1 fully saturated rings. The summed E-state index contributed by atoms with van der Waals surface area (Å²) in [5.41, 5.74) is 5.03. The molecule has 1 atom stereocenters. The molecule has 0 radical (unpaired) electrons. The van der Waals surface area contributed by atoms with E-state index in [1.54, 1.807) is 25.9 Å². The van der Waals surface area contributed by atoms with E-state index in [9.17, 15) is 19.5 Å². The van der Waals surface area contributed by atoms with Crippen LogP contribution in [0.15, 0.2) is 65.0 Å². The van der Waals surface area contributed by atoms with Gasteiger partial charge >= 0.3 is 5.97 Å². The molecule has 2 aromatic carbocycles. The smallest absolute Gasteiger partial charge is 0.303 e. The number of hydrogen-bond donors (Lipinski definition) is 3. The van der Waals surface area contributed by atoms with E-state index in [0.29, 0.717) is 18.1 Å². The van der Waals surface area contributed by atoms with Crippen LogP contribution in [-0.2, 0) is 20.8 Å². The lowest BCUT2D eigenvalue weighted by Crippen LogP contribution is -2.40. The van der Waals surface area contributed by atoms with Crippen LogP contribution >= 0.6 is 0 Å². The van der Waals surface area contributed by atoms with Gasteiger partial charge in [0.1, 0.15) is 11.9 Å². The van der Waals surface area contributed by atoms with E-state index in [1.165, 1.54) is 5.69 Å². The number of aliphatic carboxylic acids is 1. The van der Waals surface area contributed by atoms with Crippen LogP contribution in [-0.4, -0.2) is 71.8 Å². The minimum atomic E-state index is -0.939. The van der Waals surface area contributed by atoms with E-state index < -0.39 is 5.97 Å². The molecule has 0 saturated carbocycles. The molecule has 3 N–H and O–H groups in total. The molecule has 2 aliphatic heterocycles. The first-order valence-electron chi connectivity index (χ1n) is 14.2. The van der Waals surface area contributed by atoms with Crippen LogP contribution < -0.4 is 10.2 Å². The quantitative estimate of drug-likeness (QED) is 0.368. The second-order valence-electron chi connectivity index (χ2n) is 11.1. The van der Waals surface area contributed by atoms with Crippen molar-refractivity contribution in [1.29, 1.82) is 0 Å². The monoisotopic (exact) mass is 560 g/mol. The molecule has 0 spiro atoms. The minimum Gasteiger partial charge on any atom is -0.504 e. The molecular weight excluding hydrogens is 520 g/mol.